The third kappa shape index (κ3) is 2.09. The molecular weight excluding hydrogens is 252 g/mol. The van der Waals surface area contributed by atoms with Crippen LogP contribution in [0.5, 0.6) is 0 Å². The standard InChI is InChI=1S/C15H18N4O/c1-8(2)17-15-13-10(5-4-6-16-13)12-9(3)7-11(20)18-14(12)19-15/h4-6,8-9H,7H2,1-3H3,(H2,17,18,19,20). The average molecular weight is 270 g/mol. The number of anilines is 2. The maximum Gasteiger partial charge on any atom is 0.226 e. The molecule has 5 nitrogen and oxygen atoms in total. The van der Waals surface area contributed by atoms with E-state index in [1.165, 1.54) is 0 Å². The Morgan fingerprint density at radius 2 is 2.25 bits per heavy atom. The Morgan fingerprint density at radius 1 is 1.45 bits per heavy atom. The first-order valence-corrected chi connectivity index (χ1v) is 6.91. The third-order valence-corrected chi connectivity index (χ3v) is 3.47. The van der Waals surface area contributed by atoms with Crippen molar-refractivity contribution in [3.63, 3.8) is 0 Å². The maximum absolute atomic E-state index is 11.7. The number of aromatic nitrogens is 2. The molecule has 1 unspecified atom stereocenters. The zero-order valence-electron chi connectivity index (χ0n) is 11.9. The molecule has 0 bridgehead atoms. The van der Waals surface area contributed by atoms with Gasteiger partial charge >= 0.3 is 0 Å². The van der Waals surface area contributed by atoms with Crippen molar-refractivity contribution < 1.29 is 4.79 Å². The van der Waals surface area contributed by atoms with Crippen LogP contribution in [-0.2, 0) is 4.79 Å². The molecule has 0 saturated heterocycles. The number of nitrogens with zero attached hydrogens (tertiary/aromatic N) is 2. The number of amides is 1. The van der Waals surface area contributed by atoms with Crippen LogP contribution in [0.15, 0.2) is 18.3 Å². The summed E-state index contributed by atoms with van der Waals surface area (Å²) in [6.45, 7) is 6.16. The minimum Gasteiger partial charge on any atom is -0.366 e. The molecule has 0 saturated carbocycles. The Kier molecular flexibility index (Phi) is 3.04. The number of rotatable bonds is 2. The number of carbonyl (C=O) groups excluding carboxylic acids is 1. The highest BCUT2D eigenvalue weighted by Crippen LogP contribution is 2.38. The minimum atomic E-state index is 0.0243. The van der Waals surface area contributed by atoms with E-state index in [2.05, 4.69) is 41.4 Å². The van der Waals surface area contributed by atoms with Crippen molar-refractivity contribution in [3.05, 3.63) is 23.9 Å². The molecule has 1 aliphatic heterocycles. The fourth-order valence-electron chi connectivity index (χ4n) is 2.70. The van der Waals surface area contributed by atoms with Crippen LogP contribution < -0.4 is 10.6 Å². The molecule has 104 valence electrons. The highest BCUT2D eigenvalue weighted by molar-refractivity contribution is 6.01. The van der Waals surface area contributed by atoms with Gasteiger partial charge in [0, 0.05) is 29.6 Å². The van der Waals surface area contributed by atoms with Crippen molar-refractivity contribution in [1.82, 2.24) is 9.97 Å². The highest BCUT2D eigenvalue weighted by Gasteiger charge is 2.26. The minimum absolute atomic E-state index is 0.0243. The van der Waals surface area contributed by atoms with Gasteiger partial charge in [-0.2, -0.15) is 0 Å². The van der Waals surface area contributed by atoms with E-state index in [0.717, 1.165) is 22.3 Å². The van der Waals surface area contributed by atoms with E-state index < -0.39 is 0 Å². The first-order valence-electron chi connectivity index (χ1n) is 6.91. The van der Waals surface area contributed by atoms with Gasteiger partial charge in [0.2, 0.25) is 5.91 Å². The van der Waals surface area contributed by atoms with Gasteiger partial charge in [-0.25, -0.2) is 4.98 Å². The normalized spacial score (nSPS) is 18.0. The summed E-state index contributed by atoms with van der Waals surface area (Å²) >= 11 is 0. The number of pyridine rings is 2. The summed E-state index contributed by atoms with van der Waals surface area (Å²) in [4.78, 5) is 20.8. The second-order valence-electron chi connectivity index (χ2n) is 5.57. The van der Waals surface area contributed by atoms with Gasteiger partial charge < -0.3 is 10.6 Å². The van der Waals surface area contributed by atoms with Crippen LogP contribution in [0, 0.1) is 0 Å². The van der Waals surface area contributed by atoms with Gasteiger partial charge in [0.15, 0.2) is 5.82 Å². The molecule has 1 atom stereocenters. The smallest absolute Gasteiger partial charge is 0.226 e. The van der Waals surface area contributed by atoms with E-state index in [4.69, 9.17) is 0 Å². The lowest BCUT2D eigenvalue weighted by Crippen LogP contribution is -2.24. The SMILES string of the molecule is CC(C)Nc1nc2c(c3cccnc13)C(C)CC(=O)N2. The summed E-state index contributed by atoms with van der Waals surface area (Å²) in [5.74, 6) is 1.57. The molecule has 3 rings (SSSR count). The second-order valence-corrected chi connectivity index (χ2v) is 5.57. The molecule has 0 fully saturated rings. The largest absolute Gasteiger partial charge is 0.366 e. The van der Waals surface area contributed by atoms with Crippen LogP contribution in [0.1, 0.15) is 38.7 Å². The number of hydrogen-bond donors (Lipinski definition) is 2. The zero-order chi connectivity index (χ0) is 14.3. The number of carbonyl (C=O) groups is 1. The Hall–Kier alpha value is -2.17. The summed E-state index contributed by atoms with van der Waals surface area (Å²) in [6.07, 6.45) is 2.27. The fraction of sp³-hybridized carbons (Fsp3) is 0.400. The van der Waals surface area contributed by atoms with Crippen molar-refractivity contribution in [1.29, 1.82) is 0 Å². The lowest BCUT2D eigenvalue weighted by Gasteiger charge is -2.25. The van der Waals surface area contributed by atoms with Crippen LogP contribution in [0.3, 0.4) is 0 Å². The van der Waals surface area contributed by atoms with Crippen LogP contribution >= 0.6 is 0 Å². The van der Waals surface area contributed by atoms with E-state index in [9.17, 15) is 4.79 Å². The van der Waals surface area contributed by atoms with Crippen LogP contribution in [0.2, 0.25) is 0 Å². The Labute approximate surface area is 117 Å². The predicted octanol–water partition coefficient (Wildman–Crippen LogP) is 2.90. The Morgan fingerprint density at radius 3 is 3.00 bits per heavy atom. The highest BCUT2D eigenvalue weighted by atomic mass is 16.1. The Bertz CT molecular complexity index is 681. The van der Waals surface area contributed by atoms with Crippen LogP contribution in [-0.4, -0.2) is 21.9 Å². The lowest BCUT2D eigenvalue weighted by molar-refractivity contribution is -0.116. The average Bonchev–Trinajstić information content (AvgIpc) is 2.37. The maximum atomic E-state index is 11.7. The molecule has 2 aromatic rings. The van der Waals surface area contributed by atoms with Gasteiger partial charge in [0.1, 0.15) is 11.3 Å². The first kappa shape index (κ1) is 12.8. The number of nitrogens with one attached hydrogen (secondary N) is 2. The van der Waals surface area contributed by atoms with Crippen molar-refractivity contribution in [3.8, 4) is 0 Å². The van der Waals surface area contributed by atoms with Crippen LogP contribution in [0.25, 0.3) is 10.9 Å². The molecule has 3 heterocycles. The van der Waals surface area contributed by atoms with Crippen LogP contribution in [0.4, 0.5) is 11.6 Å². The molecule has 1 amide bonds. The van der Waals surface area contributed by atoms with Gasteiger partial charge in [0.05, 0.1) is 0 Å². The van der Waals surface area contributed by atoms with Gasteiger partial charge in [0.25, 0.3) is 0 Å². The topological polar surface area (TPSA) is 66.9 Å². The lowest BCUT2D eigenvalue weighted by atomic mass is 9.91. The summed E-state index contributed by atoms with van der Waals surface area (Å²) in [5.41, 5.74) is 1.95. The second kappa shape index (κ2) is 4.74. The molecule has 2 aromatic heterocycles. The summed E-state index contributed by atoms with van der Waals surface area (Å²) in [7, 11) is 0. The molecule has 0 radical (unpaired) electrons. The van der Waals surface area contributed by atoms with E-state index >= 15 is 0 Å². The zero-order valence-corrected chi connectivity index (χ0v) is 11.9. The van der Waals surface area contributed by atoms with Crippen molar-refractivity contribution in [2.75, 3.05) is 10.6 Å². The van der Waals surface area contributed by atoms with Crippen molar-refractivity contribution in [2.45, 2.75) is 39.2 Å². The molecule has 1 aliphatic rings. The van der Waals surface area contributed by atoms with E-state index in [0.29, 0.717) is 12.2 Å². The van der Waals surface area contributed by atoms with Gasteiger partial charge in [-0.3, -0.25) is 9.78 Å². The predicted molar refractivity (Wildman–Crippen MR) is 80.0 cm³/mol. The van der Waals surface area contributed by atoms with Gasteiger partial charge in [-0.05, 0) is 25.8 Å². The third-order valence-electron chi connectivity index (χ3n) is 3.47. The van der Waals surface area contributed by atoms with E-state index in [-0.39, 0.29) is 17.9 Å². The summed E-state index contributed by atoms with van der Waals surface area (Å²) in [6, 6.07) is 4.22. The first-order chi connectivity index (χ1) is 9.56. The molecule has 2 N–H and O–H groups in total. The molecule has 20 heavy (non-hydrogen) atoms. The van der Waals surface area contributed by atoms with E-state index in [1.807, 2.05) is 12.1 Å². The molecule has 0 spiro atoms. The molecular formula is C15H18N4O. The van der Waals surface area contributed by atoms with Crippen molar-refractivity contribution >= 4 is 28.4 Å². The van der Waals surface area contributed by atoms with Gasteiger partial charge in [-0.15, -0.1) is 0 Å². The summed E-state index contributed by atoms with van der Waals surface area (Å²) < 4.78 is 0. The summed E-state index contributed by atoms with van der Waals surface area (Å²) in [5, 5.41) is 7.24. The van der Waals surface area contributed by atoms with Crippen molar-refractivity contribution in [2.24, 2.45) is 0 Å². The molecule has 0 aliphatic carbocycles. The monoisotopic (exact) mass is 270 g/mol. The van der Waals surface area contributed by atoms with E-state index in [1.54, 1.807) is 6.20 Å². The quantitative estimate of drug-likeness (QED) is 0.880. The fourth-order valence-corrected chi connectivity index (χ4v) is 2.70. The number of fused-ring (bicyclic) bond motifs is 3. The Balaban J connectivity index is 2.27. The molecule has 0 aromatic carbocycles. The number of hydrogen-bond acceptors (Lipinski definition) is 4. The molecule has 5 heteroatoms. The van der Waals surface area contributed by atoms with Gasteiger partial charge in [-0.1, -0.05) is 13.0 Å².